The first-order chi connectivity index (χ1) is 8.33. The number of aliphatic imine (C=N–C) groups is 1. The average molecular weight is 235 g/mol. The SMILES string of the molecule is O=C1C=CC(N2CCN(C3COC3)CC2)=NC1. The second kappa shape index (κ2) is 4.58. The molecule has 2 saturated heterocycles. The topological polar surface area (TPSA) is 45.1 Å². The van der Waals surface area contributed by atoms with E-state index in [0.29, 0.717) is 12.6 Å². The number of nitrogens with zero attached hydrogens (tertiary/aromatic N) is 3. The third kappa shape index (κ3) is 2.25. The molecule has 0 radical (unpaired) electrons. The van der Waals surface area contributed by atoms with Crippen LogP contribution in [0.5, 0.6) is 0 Å². The number of piperazine rings is 1. The molecule has 0 bridgehead atoms. The Kier molecular flexibility index (Phi) is 2.94. The van der Waals surface area contributed by atoms with Crippen LogP contribution in [0.25, 0.3) is 0 Å². The summed E-state index contributed by atoms with van der Waals surface area (Å²) >= 11 is 0. The molecule has 3 heterocycles. The molecular weight excluding hydrogens is 218 g/mol. The minimum atomic E-state index is 0.0963. The summed E-state index contributed by atoms with van der Waals surface area (Å²) in [5.41, 5.74) is 0. The maximum Gasteiger partial charge on any atom is 0.177 e. The largest absolute Gasteiger partial charge is 0.378 e. The Labute approximate surface area is 101 Å². The van der Waals surface area contributed by atoms with Gasteiger partial charge in [-0.15, -0.1) is 0 Å². The number of hydrogen-bond acceptors (Lipinski definition) is 5. The Balaban J connectivity index is 1.54. The Morgan fingerprint density at radius 1 is 1.18 bits per heavy atom. The molecule has 5 heteroatoms. The van der Waals surface area contributed by atoms with Gasteiger partial charge in [0.1, 0.15) is 12.4 Å². The second-order valence-corrected chi connectivity index (χ2v) is 4.69. The number of ketones is 1. The molecule has 0 aromatic rings. The van der Waals surface area contributed by atoms with Crippen LogP contribution in [0, 0.1) is 0 Å². The lowest BCUT2D eigenvalue weighted by Crippen LogP contribution is -2.57. The van der Waals surface area contributed by atoms with E-state index in [1.165, 1.54) is 0 Å². The average Bonchev–Trinajstić information content (AvgIpc) is 2.29. The Morgan fingerprint density at radius 2 is 1.94 bits per heavy atom. The predicted octanol–water partition coefficient (Wildman–Crippen LogP) is -0.460. The van der Waals surface area contributed by atoms with Crippen LogP contribution in [0.4, 0.5) is 0 Å². The van der Waals surface area contributed by atoms with E-state index in [-0.39, 0.29) is 5.78 Å². The zero-order valence-electron chi connectivity index (χ0n) is 9.84. The summed E-state index contributed by atoms with van der Waals surface area (Å²) in [5, 5.41) is 0. The summed E-state index contributed by atoms with van der Waals surface area (Å²) in [6, 6.07) is 0.627. The Hall–Kier alpha value is -1.20. The van der Waals surface area contributed by atoms with Crippen molar-refractivity contribution in [2.24, 2.45) is 4.99 Å². The number of amidine groups is 1. The van der Waals surface area contributed by atoms with Crippen molar-refractivity contribution >= 4 is 11.6 Å². The maximum atomic E-state index is 11.0. The molecule has 3 rings (SSSR count). The van der Waals surface area contributed by atoms with E-state index in [4.69, 9.17) is 4.74 Å². The smallest absolute Gasteiger partial charge is 0.177 e. The highest BCUT2D eigenvalue weighted by molar-refractivity contribution is 6.05. The summed E-state index contributed by atoms with van der Waals surface area (Å²) in [4.78, 5) is 20.1. The molecule has 2 fully saturated rings. The molecular formula is C12H17N3O2. The number of hydrogen-bond donors (Lipinski definition) is 0. The molecule has 92 valence electrons. The van der Waals surface area contributed by atoms with Gasteiger partial charge in [-0.05, 0) is 12.2 Å². The van der Waals surface area contributed by atoms with E-state index in [1.807, 2.05) is 6.08 Å². The van der Waals surface area contributed by atoms with Crippen molar-refractivity contribution < 1.29 is 9.53 Å². The molecule has 0 unspecified atom stereocenters. The summed E-state index contributed by atoms with van der Waals surface area (Å²) in [6.45, 7) is 6.19. The molecule has 0 aromatic carbocycles. The van der Waals surface area contributed by atoms with Crippen LogP contribution in [-0.4, -0.2) is 73.4 Å². The van der Waals surface area contributed by atoms with E-state index in [0.717, 1.165) is 45.2 Å². The van der Waals surface area contributed by atoms with E-state index in [2.05, 4.69) is 14.8 Å². The molecule has 0 spiro atoms. The standard InChI is InChI=1S/C12H17N3O2/c16-11-1-2-12(13-7-11)15-5-3-14(4-6-15)10-8-17-9-10/h1-2,10H,3-9H2. The zero-order valence-corrected chi connectivity index (χ0v) is 9.84. The number of dihydropyridines is 1. The van der Waals surface area contributed by atoms with Crippen LogP contribution in [-0.2, 0) is 9.53 Å². The fraction of sp³-hybridized carbons (Fsp3) is 0.667. The van der Waals surface area contributed by atoms with Crippen molar-refractivity contribution in [3.63, 3.8) is 0 Å². The highest BCUT2D eigenvalue weighted by Crippen LogP contribution is 2.14. The van der Waals surface area contributed by atoms with Crippen molar-refractivity contribution in [3.05, 3.63) is 12.2 Å². The van der Waals surface area contributed by atoms with Gasteiger partial charge in [0.25, 0.3) is 0 Å². The highest BCUT2D eigenvalue weighted by atomic mass is 16.5. The summed E-state index contributed by atoms with van der Waals surface area (Å²) < 4.78 is 5.22. The fourth-order valence-corrected chi connectivity index (χ4v) is 2.39. The fourth-order valence-electron chi connectivity index (χ4n) is 2.39. The van der Waals surface area contributed by atoms with Crippen molar-refractivity contribution in [1.82, 2.24) is 9.80 Å². The summed E-state index contributed by atoms with van der Waals surface area (Å²) in [5.74, 6) is 1.06. The summed E-state index contributed by atoms with van der Waals surface area (Å²) in [6.07, 6.45) is 3.47. The van der Waals surface area contributed by atoms with Crippen molar-refractivity contribution in [2.75, 3.05) is 45.9 Å². The molecule has 3 aliphatic rings. The molecule has 5 nitrogen and oxygen atoms in total. The molecule has 0 atom stereocenters. The lowest BCUT2D eigenvalue weighted by atomic mass is 10.1. The molecule has 17 heavy (non-hydrogen) atoms. The van der Waals surface area contributed by atoms with Gasteiger partial charge in [-0.3, -0.25) is 14.7 Å². The predicted molar refractivity (Wildman–Crippen MR) is 64.2 cm³/mol. The van der Waals surface area contributed by atoms with E-state index in [9.17, 15) is 4.79 Å². The summed E-state index contributed by atoms with van der Waals surface area (Å²) in [7, 11) is 0. The van der Waals surface area contributed by atoms with Crippen molar-refractivity contribution in [1.29, 1.82) is 0 Å². The van der Waals surface area contributed by atoms with Crippen LogP contribution >= 0.6 is 0 Å². The third-order valence-electron chi connectivity index (χ3n) is 3.59. The minimum Gasteiger partial charge on any atom is -0.378 e. The lowest BCUT2D eigenvalue weighted by Gasteiger charge is -2.43. The monoisotopic (exact) mass is 235 g/mol. The van der Waals surface area contributed by atoms with Gasteiger partial charge in [-0.25, -0.2) is 0 Å². The Bertz CT molecular complexity index is 366. The van der Waals surface area contributed by atoms with Crippen LogP contribution in [0.3, 0.4) is 0 Å². The van der Waals surface area contributed by atoms with Gasteiger partial charge in [-0.2, -0.15) is 0 Å². The van der Waals surface area contributed by atoms with Gasteiger partial charge >= 0.3 is 0 Å². The van der Waals surface area contributed by atoms with Gasteiger partial charge in [0, 0.05) is 26.2 Å². The van der Waals surface area contributed by atoms with Crippen LogP contribution in [0.1, 0.15) is 0 Å². The molecule has 0 saturated carbocycles. The van der Waals surface area contributed by atoms with E-state index >= 15 is 0 Å². The van der Waals surface area contributed by atoms with Crippen LogP contribution in [0.15, 0.2) is 17.1 Å². The maximum absolute atomic E-state index is 11.0. The number of carbonyl (C=O) groups excluding carboxylic acids is 1. The lowest BCUT2D eigenvalue weighted by molar-refractivity contribution is -0.113. The van der Waals surface area contributed by atoms with Gasteiger partial charge in [0.15, 0.2) is 5.78 Å². The zero-order chi connectivity index (χ0) is 11.7. The highest BCUT2D eigenvalue weighted by Gasteiger charge is 2.29. The normalized spacial score (nSPS) is 26.9. The van der Waals surface area contributed by atoms with Crippen molar-refractivity contribution in [3.8, 4) is 0 Å². The van der Waals surface area contributed by atoms with Gasteiger partial charge in [-0.1, -0.05) is 0 Å². The first-order valence-corrected chi connectivity index (χ1v) is 6.15. The second-order valence-electron chi connectivity index (χ2n) is 4.69. The number of carbonyl (C=O) groups is 1. The van der Waals surface area contributed by atoms with Gasteiger partial charge < -0.3 is 9.64 Å². The first-order valence-electron chi connectivity index (χ1n) is 6.15. The third-order valence-corrected chi connectivity index (χ3v) is 3.59. The van der Waals surface area contributed by atoms with Crippen LogP contribution < -0.4 is 0 Å². The van der Waals surface area contributed by atoms with Gasteiger partial charge in [0.05, 0.1) is 19.3 Å². The first kappa shape index (κ1) is 10.9. The van der Waals surface area contributed by atoms with Crippen molar-refractivity contribution in [2.45, 2.75) is 6.04 Å². The minimum absolute atomic E-state index is 0.0963. The van der Waals surface area contributed by atoms with E-state index < -0.39 is 0 Å². The quantitative estimate of drug-likeness (QED) is 0.617. The van der Waals surface area contributed by atoms with E-state index in [1.54, 1.807) is 6.08 Å². The van der Waals surface area contributed by atoms with Crippen LogP contribution in [0.2, 0.25) is 0 Å². The Morgan fingerprint density at radius 3 is 2.47 bits per heavy atom. The molecule has 3 aliphatic heterocycles. The molecule has 0 aliphatic carbocycles. The number of rotatable bonds is 1. The molecule has 0 N–H and O–H groups in total. The number of ether oxygens (including phenoxy) is 1. The molecule has 0 aromatic heterocycles. The van der Waals surface area contributed by atoms with Gasteiger partial charge in [0.2, 0.25) is 0 Å². The molecule has 0 amide bonds.